The molecule has 0 radical (unpaired) electrons. The number of nitrogens with one attached hydrogen (secondary N) is 1. The number of thiazole rings is 1. The maximum absolute atomic E-state index is 13.2. The molecule has 9 heteroatoms. The van der Waals surface area contributed by atoms with Crippen molar-refractivity contribution < 1.29 is 23.8 Å². The van der Waals surface area contributed by atoms with Crippen LogP contribution < -0.4 is 19.5 Å². The van der Waals surface area contributed by atoms with Crippen LogP contribution in [0.15, 0.2) is 41.8 Å². The average molecular weight is 482 g/mol. The Balaban J connectivity index is 1.56. The molecule has 2 amide bonds. The van der Waals surface area contributed by atoms with Crippen molar-refractivity contribution in [2.24, 2.45) is 0 Å². The number of methoxy groups -OCH3 is 2. The highest BCUT2D eigenvalue weighted by atomic mass is 32.1. The van der Waals surface area contributed by atoms with E-state index in [1.165, 1.54) is 14.2 Å². The van der Waals surface area contributed by atoms with Crippen LogP contribution in [0.3, 0.4) is 0 Å². The van der Waals surface area contributed by atoms with Crippen LogP contribution in [0.4, 0.5) is 5.69 Å². The summed E-state index contributed by atoms with van der Waals surface area (Å²) in [5.41, 5.74) is 1.97. The average Bonchev–Trinajstić information content (AvgIpc) is 3.54. The number of rotatable bonds is 8. The van der Waals surface area contributed by atoms with Gasteiger partial charge in [-0.15, -0.1) is 11.3 Å². The predicted molar refractivity (Wildman–Crippen MR) is 130 cm³/mol. The molecule has 34 heavy (non-hydrogen) atoms. The van der Waals surface area contributed by atoms with Crippen molar-refractivity contribution in [3.63, 3.8) is 0 Å². The molecule has 1 fully saturated rings. The van der Waals surface area contributed by atoms with Crippen molar-refractivity contribution in [3.8, 4) is 17.2 Å². The number of aryl methyl sites for hydroxylation is 1. The van der Waals surface area contributed by atoms with Crippen molar-refractivity contribution in [1.82, 2.24) is 9.88 Å². The molecule has 8 nitrogen and oxygen atoms in total. The number of nitrogens with zero attached hydrogens (tertiary/aromatic N) is 2. The molecule has 2 heterocycles. The number of aromatic nitrogens is 1. The number of carbonyl (C=O) groups excluding carboxylic acids is 2. The standard InChI is InChI=1S/C25H27N3O5S/c1-16-26-18(15-34-16)14-33-19-8-6-7-17(11-19)24(29)27-21-13-23(32-3)22(31-2)12-20(21)25(30)28-9-4-5-10-28/h6-8,11-13,15H,4-5,9-10,14H2,1-3H3,(H,27,29). The molecule has 0 aliphatic carbocycles. The number of likely N-dealkylation sites (tertiary alicyclic amines) is 1. The van der Waals surface area contributed by atoms with E-state index in [0.29, 0.717) is 53.8 Å². The van der Waals surface area contributed by atoms with Crippen LogP contribution >= 0.6 is 11.3 Å². The lowest BCUT2D eigenvalue weighted by atomic mass is 10.1. The fourth-order valence-electron chi connectivity index (χ4n) is 3.80. The van der Waals surface area contributed by atoms with Gasteiger partial charge >= 0.3 is 0 Å². The molecule has 1 N–H and O–H groups in total. The highest BCUT2D eigenvalue weighted by Crippen LogP contribution is 2.35. The topological polar surface area (TPSA) is 90.0 Å². The number of anilines is 1. The van der Waals surface area contributed by atoms with Crippen molar-refractivity contribution in [1.29, 1.82) is 0 Å². The van der Waals surface area contributed by atoms with Gasteiger partial charge in [0.25, 0.3) is 11.8 Å². The predicted octanol–water partition coefficient (Wildman–Crippen LogP) is 4.54. The number of hydrogen-bond donors (Lipinski definition) is 1. The van der Waals surface area contributed by atoms with Crippen LogP contribution in [-0.4, -0.2) is 49.0 Å². The van der Waals surface area contributed by atoms with Crippen LogP contribution in [0.2, 0.25) is 0 Å². The monoisotopic (exact) mass is 481 g/mol. The zero-order chi connectivity index (χ0) is 24.1. The van der Waals surface area contributed by atoms with Crippen LogP contribution in [0.25, 0.3) is 0 Å². The van der Waals surface area contributed by atoms with Gasteiger partial charge in [0.1, 0.15) is 12.4 Å². The molecule has 0 bridgehead atoms. The Bertz CT molecular complexity index is 1190. The Morgan fingerprint density at radius 1 is 1.09 bits per heavy atom. The van der Waals surface area contributed by atoms with Gasteiger partial charge in [-0.25, -0.2) is 4.98 Å². The van der Waals surface area contributed by atoms with Crippen molar-refractivity contribution in [3.05, 3.63) is 63.6 Å². The lowest BCUT2D eigenvalue weighted by Crippen LogP contribution is -2.29. The lowest BCUT2D eigenvalue weighted by molar-refractivity contribution is 0.0793. The minimum atomic E-state index is -0.363. The summed E-state index contributed by atoms with van der Waals surface area (Å²) in [7, 11) is 3.02. The Hall–Kier alpha value is -3.59. The molecular formula is C25H27N3O5S. The van der Waals surface area contributed by atoms with Gasteiger partial charge in [0, 0.05) is 30.1 Å². The van der Waals surface area contributed by atoms with Crippen LogP contribution in [-0.2, 0) is 6.61 Å². The van der Waals surface area contributed by atoms with E-state index in [0.717, 1.165) is 23.5 Å². The molecular weight excluding hydrogens is 454 g/mol. The molecule has 0 atom stereocenters. The molecule has 1 aliphatic heterocycles. The van der Waals surface area contributed by atoms with Crippen LogP contribution in [0.5, 0.6) is 17.2 Å². The molecule has 0 unspecified atom stereocenters. The maximum Gasteiger partial charge on any atom is 0.256 e. The van der Waals surface area contributed by atoms with E-state index in [1.54, 1.807) is 52.6 Å². The number of amides is 2. The van der Waals surface area contributed by atoms with Gasteiger partial charge in [-0.3, -0.25) is 9.59 Å². The van der Waals surface area contributed by atoms with E-state index in [2.05, 4.69) is 10.3 Å². The zero-order valence-corrected chi connectivity index (χ0v) is 20.2. The Morgan fingerprint density at radius 2 is 1.82 bits per heavy atom. The quantitative estimate of drug-likeness (QED) is 0.508. The van der Waals surface area contributed by atoms with Crippen molar-refractivity contribution in [2.45, 2.75) is 26.4 Å². The number of ether oxygens (including phenoxy) is 3. The summed E-state index contributed by atoms with van der Waals surface area (Å²) in [5, 5.41) is 5.79. The second kappa shape index (κ2) is 10.6. The summed E-state index contributed by atoms with van der Waals surface area (Å²) >= 11 is 1.56. The summed E-state index contributed by atoms with van der Waals surface area (Å²) in [4.78, 5) is 32.5. The van der Waals surface area contributed by atoms with Crippen LogP contribution in [0, 0.1) is 6.92 Å². The fraction of sp³-hybridized carbons (Fsp3) is 0.320. The lowest BCUT2D eigenvalue weighted by Gasteiger charge is -2.20. The Morgan fingerprint density at radius 3 is 2.50 bits per heavy atom. The van der Waals surface area contributed by atoms with Crippen molar-refractivity contribution >= 4 is 28.8 Å². The molecule has 1 aliphatic rings. The van der Waals surface area contributed by atoms with Gasteiger partial charge in [0.05, 0.1) is 36.2 Å². The second-order valence-corrected chi connectivity index (χ2v) is 8.94. The first kappa shape index (κ1) is 23.6. The summed E-state index contributed by atoms with van der Waals surface area (Å²) in [6.07, 6.45) is 1.93. The van der Waals surface area contributed by atoms with Gasteiger partial charge in [-0.2, -0.15) is 0 Å². The first-order valence-corrected chi connectivity index (χ1v) is 11.9. The minimum Gasteiger partial charge on any atom is -0.493 e. The van der Waals surface area contributed by atoms with E-state index in [9.17, 15) is 9.59 Å². The molecule has 1 saturated heterocycles. The first-order chi connectivity index (χ1) is 16.5. The third-order valence-electron chi connectivity index (χ3n) is 5.55. The van der Waals surface area contributed by atoms with E-state index in [-0.39, 0.29) is 11.8 Å². The minimum absolute atomic E-state index is 0.149. The third kappa shape index (κ3) is 5.31. The normalized spacial score (nSPS) is 13.0. The Kier molecular flexibility index (Phi) is 7.32. The van der Waals surface area contributed by atoms with Crippen molar-refractivity contribution in [2.75, 3.05) is 32.6 Å². The molecule has 0 saturated carbocycles. The zero-order valence-electron chi connectivity index (χ0n) is 19.4. The summed E-state index contributed by atoms with van der Waals surface area (Å²) in [5.74, 6) is 0.892. The van der Waals surface area contributed by atoms with Gasteiger partial charge in [-0.05, 0) is 44.0 Å². The molecule has 1 aromatic heterocycles. The Labute approximate surface area is 202 Å². The van der Waals surface area contributed by atoms with Crippen LogP contribution in [0.1, 0.15) is 44.3 Å². The number of hydrogen-bond acceptors (Lipinski definition) is 7. The SMILES string of the molecule is COc1cc(NC(=O)c2cccc(OCc3csc(C)n3)c2)c(C(=O)N2CCCC2)cc1OC. The molecule has 3 aromatic rings. The smallest absolute Gasteiger partial charge is 0.256 e. The third-order valence-corrected chi connectivity index (χ3v) is 6.37. The molecule has 0 spiro atoms. The fourth-order valence-corrected chi connectivity index (χ4v) is 4.40. The van der Waals surface area contributed by atoms with E-state index >= 15 is 0 Å². The first-order valence-electron chi connectivity index (χ1n) is 11.0. The molecule has 2 aromatic carbocycles. The van der Waals surface area contributed by atoms with E-state index in [4.69, 9.17) is 14.2 Å². The highest BCUT2D eigenvalue weighted by Gasteiger charge is 2.25. The van der Waals surface area contributed by atoms with Gasteiger partial charge < -0.3 is 24.4 Å². The van der Waals surface area contributed by atoms with E-state index < -0.39 is 0 Å². The number of carbonyl (C=O) groups is 2. The molecule has 4 rings (SSSR count). The summed E-state index contributed by atoms with van der Waals surface area (Å²) in [6, 6.07) is 10.1. The largest absolute Gasteiger partial charge is 0.493 e. The van der Waals surface area contributed by atoms with Gasteiger partial charge in [0.15, 0.2) is 11.5 Å². The summed E-state index contributed by atoms with van der Waals surface area (Å²) in [6.45, 7) is 3.65. The highest BCUT2D eigenvalue weighted by molar-refractivity contribution is 7.09. The number of benzene rings is 2. The second-order valence-electron chi connectivity index (χ2n) is 7.88. The molecule has 178 valence electrons. The van der Waals surface area contributed by atoms with E-state index in [1.807, 2.05) is 12.3 Å². The van der Waals surface area contributed by atoms with Gasteiger partial charge in [-0.1, -0.05) is 6.07 Å². The van der Waals surface area contributed by atoms with Gasteiger partial charge in [0.2, 0.25) is 0 Å². The summed E-state index contributed by atoms with van der Waals surface area (Å²) < 4.78 is 16.6. The maximum atomic E-state index is 13.2.